The Bertz CT molecular complexity index is 729. The number of ketones is 1. The Balaban J connectivity index is 1.88. The van der Waals surface area contributed by atoms with E-state index in [0.717, 1.165) is 10.5 Å². The molecule has 1 heterocycles. The maximum atomic E-state index is 12.3. The van der Waals surface area contributed by atoms with Crippen LogP contribution in [0.5, 0.6) is 0 Å². The monoisotopic (exact) mass is 279 g/mol. The number of hydrogen-bond acceptors (Lipinski definition) is 3. The second-order valence-corrected chi connectivity index (χ2v) is 4.98. The molecule has 1 aliphatic rings. The van der Waals surface area contributed by atoms with Crippen molar-refractivity contribution < 1.29 is 14.4 Å². The van der Waals surface area contributed by atoms with Crippen LogP contribution in [-0.2, 0) is 0 Å². The third-order valence-electron chi connectivity index (χ3n) is 3.63. The third-order valence-corrected chi connectivity index (χ3v) is 3.63. The molecule has 0 saturated heterocycles. The molecular formula is C17H13NO3. The van der Waals surface area contributed by atoms with Crippen molar-refractivity contribution >= 4 is 17.6 Å². The van der Waals surface area contributed by atoms with Crippen LogP contribution in [0.15, 0.2) is 48.5 Å². The zero-order valence-corrected chi connectivity index (χ0v) is 11.5. The standard InChI is InChI=1S/C17H13NO3/c1-11-6-2-3-7-12(11)15(19)10-18-16(20)13-8-4-5-9-14(13)17(18)21/h2-9H,10H2,1H3. The topological polar surface area (TPSA) is 54.5 Å². The van der Waals surface area contributed by atoms with Gasteiger partial charge >= 0.3 is 0 Å². The Hall–Kier alpha value is -2.75. The van der Waals surface area contributed by atoms with E-state index in [9.17, 15) is 14.4 Å². The van der Waals surface area contributed by atoms with Crippen LogP contribution in [0.1, 0.15) is 36.6 Å². The van der Waals surface area contributed by atoms with Gasteiger partial charge in [0.05, 0.1) is 17.7 Å². The van der Waals surface area contributed by atoms with E-state index in [4.69, 9.17) is 0 Å². The summed E-state index contributed by atoms with van der Waals surface area (Å²) in [5.41, 5.74) is 2.09. The van der Waals surface area contributed by atoms with E-state index >= 15 is 0 Å². The molecule has 0 spiro atoms. The molecular weight excluding hydrogens is 266 g/mol. The summed E-state index contributed by atoms with van der Waals surface area (Å²) < 4.78 is 0. The van der Waals surface area contributed by atoms with Crippen LogP contribution in [-0.4, -0.2) is 29.0 Å². The van der Waals surface area contributed by atoms with E-state index in [1.807, 2.05) is 19.1 Å². The molecule has 0 atom stereocenters. The number of benzene rings is 2. The number of carbonyl (C=O) groups excluding carboxylic acids is 3. The number of carbonyl (C=O) groups is 3. The molecule has 0 N–H and O–H groups in total. The first kappa shape index (κ1) is 13.2. The summed E-state index contributed by atoms with van der Waals surface area (Å²) >= 11 is 0. The lowest BCUT2D eigenvalue weighted by Crippen LogP contribution is -2.35. The highest BCUT2D eigenvalue weighted by atomic mass is 16.2. The zero-order chi connectivity index (χ0) is 15.0. The second kappa shape index (κ2) is 4.98. The van der Waals surface area contributed by atoms with Crippen molar-refractivity contribution in [2.45, 2.75) is 6.92 Å². The summed E-state index contributed by atoms with van der Waals surface area (Å²) in [5.74, 6) is -1.04. The van der Waals surface area contributed by atoms with E-state index < -0.39 is 11.8 Å². The number of hydrogen-bond donors (Lipinski definition) is 0. The van der Waals surface area contributed by atoms with Crippen LogP contribution >= 0.6 is 0 Å². The molecule has 1 aliphatic heterocycles. The summed E-state index contributed by atoms with van der Waals surface area (Å²) in [4.78, 5) is 37.8. The molecule has 0 saturated carbocycles. The second-order valence-electron chi connectivity index (χ2n) is 4.98. The number of aryl methyl sites for hydroxylation is 1. The molecule has 21 heavy (non-hydrogen) atoms. The van der Waals surface area contributed by atoms with Gasteiger partial charge in [-0.15, -0.1) is 0 Å². The van der Waals surface area contributed by atoms with Crippen LogP contribution in [0.3, 0.4) is 0 Å². The minimum atomic E-state index is -0.405. The van der Waals surface area contributed by atoms with Gasteiger partial charge in [0.15, 0.2) is 5.78 Å². The fourth-order valence-electron chi connectivity index (χ4n) is 2.50. The van der Waals surface area contributed by atoms with Gasteiger partial charge in [-0.2, -0.15) is 0 Å². The predicted octanol–water partition coefficient (Wildman–Crippen LogP) is 2.47. The first-order valence-electron chi connectivity index (χ1n) is 6.63. The van der Waals surface area contributed by atoms with Gasteiger partial charge in [-0.05, 0) is 24.6 Å². The first-order valence-corrected chi connectivity index (χ1v) is 6.63. The molecule has 0 bridgehead atoms. The molecule has 2 amide bonds. The number of nitrogens with zero attached hydrogens (tertiary/aromatic N) is 1. The Morgan fingerprint density at radius 2 is 1.43 bits per heavy atom. The number of amides is 2. The average molecular weight is 279 g/mol. The Labute approximate surface area is 122 Å². The van der Waals surface area contributed by atoms with Crippen LogP contribution in [0.25, 0.3) is 0 Å². The van der Waals surface area contributed by atoms with Crippen molar-refractivity contribution in [1.82, 2.24) is 4.90 Å². The first-order chi connectivity index (χ1) is 10.1. The van der Waals surface area contributed by atoms with Crippen LogP contribution in [0.4, 0.5) is 0 Å². The Morgan fingerprint density at radius 3 is 2.00 bits per heavy atom. The highest BCUT2D eigenvalue weighted by Gasteiger charge is 2.36. The van der Waals surface area contributed by atoms with Crippen molar-refractivity contribution in [1.29, 1.82) is 0 Å². The fraction of sp³-hybridized carbons (Fsp3) is 0.118. The summed E-state index contributed by atoms with van der Waals surface area (Å²) in [6.45, 7) is 1.60. The van der Waals surface area contributed by atoms with Gasteiger partial charge in [0.25, 0.3) is 11.8 Å². The van der Waals surface area contributed by atoms with E-state index in [2.05, 4.69) is 0 Å². The molecule has 2 aromatic carbocycles. The van der Waals surface area contributed by atoms with Gasteiger partial charge in [0.2, 0.25) is 0 Å². The average Bonchev–Trinajstić information content (AvgIpc) is 2.73. The van der Waals surface area contributed by atoms with E-state index in [-0.39, 0.29) is 12.3 Å². The van der Waals surface area contributed by atoms with Gasteiger partial charge in [-0.25, -0.2) is 0 Å². The van der Waals surface area contributed by atoms with Crippen LogP contribution in [0, 0.1) is 6.92 Å². The van der Waals surface area contributed by atoms with Crippen molar-refractivity contribution in [3.8, 4) is 0 Å². The number of rotatable bonds is 3. The molecule has 0 fully saturated rings. The van der Waals surface area contributed by atoms with Gasteiger partial charge < -0.3 is 0 Å². The molecule has 104 valence electrons. The molecule has 2 aromatic rings. The van der Waals surface area contributed by atoms with Gasteiger partial charge in [0.1, 0.15) is 0 Å². The predicted molar refractivity (Wildman–Crippen MR) is 77.3 cm³/mol. The lowest BCUT2D eigenvalue weighted by atomic mass is 10.0. The molecule has 3 rings (SSSR count). The van der Waals surface area contributed by atoms with Crippen molar-refractivity contribution in [3.63, 3.8) is 0 Å². The number of imide groups is 1. The van der Waals surface area contributed by atoms with Gasteiger partial charge in [-0.1, -0.05) is 36.4 Å². The Morgan fingerprint density at radius 1 is 0.905 bits per heavy atom. The maximum Gasteiger partial charge on any atom is 0.261 e. The quantitative estimate of drug-likeness (QED) is 0.640. The maximum absolute atomic E-state index is 12.3. The number of Topliss-reactive ketones (excluding diaryl/α,β-unsaturated/α-hetero) is 1. The van der Waals surface area contributed by atoms with E-state index in [1.165, 1.54) is 0 Å². The summed E-state index contributed by atoms with van der Waals surface area (Å²) in [6, 6.07) is 13.8. The zero-order valence-electron chi connectivity index (χ0n) is 11.5. The summed E-state index contributed by atoms with van der Waals surface area (Å²) in [5, 5.41) is 0. The number of fused-ring (bicyclic) bond motifs is 1. The molecule has 4 heteroatoms. The van der Waals surface area contributed by atoms with E-state index in [0.29, 0.717) is 16.7 Å². The largest absolute Gasteiger partial charge is 0.292 e. The van der Waals surface area contributed by atoms with Crippen molar-refractivity contribution in [2.75, 3.05) is 6.54 Å². The lowest BCUT2D eigenvalue weighted by molar-refractivity contribution is 0.0624. The Kier molecular flexibility index (Phi) is 3.14. The summed E-state index contributed by atoms with van der Waals surface area (Å²) in [6.07, 6.45) is 0. The minimum Gasteiger partial charge on any atom is -0.292 e. The van der Waals surface area contributed by atoms with Crippen molar-refractivity contribution in [2.24, 2.45) is 0 Å². The molecule has 0 unspecified atom stereocenters. The smallest absolute Gasteiger partial charge is 0.261 e. The molecule has 0 radical (unpaired) electrons. The highest BCUT2D eigenvalue weighted by molar-refractivity contribution is 6.23. The molecule has 4 nitrogen and oxygen atoms in total. The normalized spacial score (nSPS) is 13.5. The van der Waals surface area contributed by atoms with Crippen LogP contribution in [0.2, 0.25) is 0 Å². The molecule has 0 aliphatic carbocycles. The highest BCUT2D eigenvalue weighted by Crippen LogP contribution is 2.22. The van der Waals surface area contributed by atoms with Crippen molar-refractivity contribution in [3.05, 3.63) is 70.8 Å². The molecule has 0 aromatic heterocycles. The fourth-order valence-corrected chi connectivity index (χ4v) is 2.50. The lowest BCUT2D eigenvalue weighted by Gasteiger charge is -2.13. The third kappa shape index (κ3) is 2.14. The van der Waals surface area contributed by atoms with Gasteiger partial charge in [-0.3, -0.25) is 19.3 Å². The minimum absolute atomic E-state index is 0.225. The summed E-state index contributed by atoms with van der Waals surface area (Å²) in [7, 11) is 0. The van der Waals surface area contributed by atoms with Crippen LogP contribution < -0.4 is 0 Å². The van der Waals surface area contributed by atoms with Gasteiger partial charge in [0, 0.05) is 5.56 Å². The van der Waals surface area contributed by atoms with E-state index in [1.54, 1.807) is 36.4 Å². The SMILES string of the molecule is Cc1ccccc1C(=O)CN1C(=O)c2ccccc2C1=O.